The molecule has 1 saturated heterocycles. The van der Waals surface area contributed by atoms with Crippen LogP contribution in [-0.2, 0) is 9.59 Å². The molecule has 2 amide bonds. The first kappa shape index (κ1) is 21.6. The third-order valence-electron chi connectivity index (χ3n) is 5.88. The Hall–Kier alpha value is -3.60. The second-order valence-electron chi connectivity index (χ2n) is 8.76. The van der Waals surface area contributed by atoms with Crippen molar-refractivity contribution < 1.29 is 9.59 Å². The number of nitrogens with zero attached hydrogens (tertiary/aromatic N) is 3. The van der Waals surface area contributed by atoms with Crippen LogP contribution in [0.4, 0.5) is 17.1 Å². The summed E-state index contributed by atoms with van der Waals surface area (Å²) in [6.45, 7) is 6.03. The minimum Gasteiger partial charge on any atom is -0.378 e. The van der Waals surface area contributed by atoms with E-state index in [0.717, 1.165) is 39.3 Å². The van der Waals surface area contributed by atoms with Gasteiger partial charge in [0.05, 0.1) is 0 Å². The summed E-state index contributed by atoms with van der Waals surface area (Å²) < 4.78 is 0. The van der Waals surface area contributed by atoms with Crippen LogP contribution in [0.15, 0.2) is 66.7 Å². The number of amides is 2. The van der Waals surface area contributed by atoms with Gasteiger partial charge in [-0.05, 0) is 73.9 Å². The first-order valence-corrected chi connectivity index (χ1v) is 10.8. The lowest BCUT2D eigenvalue weighted by Crippen LogP contribution is -2.56. The molecule has 1 aliphatic rings. The molecule has 0 aromatic heterocycles. The Morgan fingerprint density at radius 3 is 1.91 bits per heavy atom. The topological polar surface area (TPSA) is 43.9 Å². The highest BCUT2D eigenvalue weighted by Gasteiger charge is 2.42. The van der Waals surface area contributed by atoms with E-state index in [-0.39, 0.29) is 18.4 Å². The van der Waals surface area contributed by atoms with Crippen molar-refractivity contribution in [2.45, 2.75) is 26.8 Å². The molecular weight excluding hydrogens is 398 g/mol. The van der Waals surface area contributed by atoms with Gasteiger partial charge in [-0.25, -0.2) is 0 Å². The van der Waals surface area contributed by atoms with Gasteiger partial charge >= 0.3 is 0 Å². The average Bonchev–Trinajstić information content (AvgIpc) is 2.75. The number of aryl methyl sites for hydroxylation is 3. The number of carbonyl (C=O) groups is 2. The van der Waals surface area contributed by atoms with E-state index >= 15 is 0 Å². The summed E-state index contributed by atoms with van der Waals surface area (Å²) in [6.07, 6.45) is 0. The van der Waals surface area contributed by atoms with Crippen LogP contribution in [0.2, 0.25) is 0 Å². The fourth-order valence-corrected chi connectivity index (χ4v) is 4.26. The van der Waals surface area contributed by atoms with E-state index < -0.39 is 6.04 Å². The molecule has 0 aliphatic carbocycles. The highest BCUT2D eigenvalue weighted by Crippen LogP contribution is 2.36. The molecule has 1 heterocycles. The largest absolute Gasteiger partial charge is 0.378 e. The molecule has 1 atom stereocenters. The second-order valence-corrected chi connectivity index (χ2v) is 8.76. The lowest BCUT2D eigenvalue weighted by Gasteiger charge is -2.40. The third kappa shape index (κ3) is 4.11. The summed E-state index contributed by atoms with van der Waals surface area (Å²) in [6, 6.07) is 20.9. The Bertz CT molecular complexity index is 1130. The molecule has 1 fully saturated rings. The van der Waals surface area contributed by atoms with Crippen LogP contribution in [0.5, 0.6) is 0 Å². The van der Waals surface area contributed by atoms with Crippen LogP contribution >= 0.6 is 0 Å². The zero-order valence-corrected chi connectivity index (χ0v) is 19.3. The van der Waals surface area contributed by atoms with Crippen molar-refractivity contribution in [3.8, 4) is 0 Å². The Kier molecular flexibility index (Phi) is 5.74. The minimum absolute atomic E-state index is 0.0150. The first-order chi connectivity index (χ1) is 15.2. The molecule has 4 rings (SSSR count). The van der Waals surface area contributed by atoms with E-state index in [4.69, 9.17) is 0 Å². The standard InChI is InChI=1S/C27H29N3O2/c1-18-6-10-23(11-7-18)29-17-25(31)30(24-15-19(2)14-20(3)16-24)26(27(29)32)21-8-12-22(13-9-21)28(4)5/h6-16,26H,17H2,1-5H3. The predicted molar refractivity (Wildman–Crippen MR) is 130 cm³/mol. The van der Waals surface area contributed by atoms with Gasteiger partial charge in [-0.15, -0.1) is 0 Å². The van der Waals surface area contributed by atoms with Gasteiger partial charge in [-0.3, -0.25) is 14.5 Å². The van der Waals surface area contributed by atoms with Crippen molar-refractivity contribution in [3.05, 3.63) is 89.0 Å². The molecule has 1 aliphatic heterocycles. The molecule has 3 aromatic carbocycles. The molecule has 32 heavy (non-hydrogen) atoms. The summed E-state index contributed by atoms with van der Waals surface area (Å²) in [5.74, 6) is -0.206. The molecule has 1 unspecified atom stereocenters. The van der Waals surface area contributed by atoms with Crippen LogP contribution in [0.25, 0.3) is 0 Å². The molecule has 0 N–H and O–H groups in total. The number of benzene rings is 3. The van der Waals surface area contributed by atoms with Crippen molar-refractivity contribution in [2.24, 2.45) is 0 Å². The Labute approximate surface area is 189 Å². The molecule has 0 radical (unpaired) electrons. The zero-order chi connectivity index (χ0) is 23.0. The number of carbonyl (C=O) groups excluding carboxylic acids is 2. The number of hydrogen-bond acceptors (Lipinski definition) is 3. The van der Waals surface area contributed by atoms with E-state index in [1.165, 1.54) is 0 Å². The van der Waals surface area contributed by atoms with Gasteiger partial charge in [-0.1, -0.05) is 35.9 Å². The monoisotopic (exact) mass is 427 g/mol. The SMILES string of the molecule is Cc1ccc(N2CC(=O)N(c3cc(C)cc(C)c3)C(c3ccc(N(C)C)cc3)C2=O)cc1. The summed E-state index contributed by atoms with van der Waals surface area (Å²) in [4.78, 5) is 32.6. The fraction of sp³-hybridized carbons (Fsp3) is 0.259. The summed E-state index contributed by atoms with van der Waals surface area (Å²) in [5.41, 5.74) is 6.56. The van der Waals surface area contributed by atoms with E-state index in [2.05, 4.69) is 6.07 Å². The zero-order valence-electron chi connectivity index (χ0n) is 19.3. The van der Waals surface area contributed by atoms with Crippen LogP contribution in [0.3, 0.4) is 0 Å². The van der Waals surface area contributed by atoms with E-state index in [9.17, 15) is 9.59 Å². The van der Waals surface area contributed by atoms with Crippen molar-refractivity contribution in [1.82, 2.24) is 0 Å². The Morgan fingerprint density at radius 1 is 0.750 bits per heavy atom. The number of rotatable bonds is 4. The quantitative estimate of drug-likeness (QED) is 0.601. The van der Waals surface area contributed by atoms with Crippen molar-refractivity contribution >= 4 is 28.9 Å². The highest BCUT2D eigenvalue weighted by molar-refractivity contribution is 6.14. The van der Waals surface area contributed by atoms with Crippen molar-refractivity contribution in [3.63, 3.8) is 0 Å². The highest BCUT2D eigenvalue weighted by atomic mass is 16.2. The Balaban J connectivity index is 1.82. The number of piperazine rings is 1. The fourth-order valence-electron chi connectivity index (χ4n) is 4.26. The first-order valence-electron chi connectivity index (χ1n) is 10.8. The lowest BCUT2D eigenvalue weighted by molar-refractivity contribution is -0.128. The van der Waals surface area contributed by atoms with E-state index in [1.54, 1.807) is 9.80 Å². The minimum atomic E-state index is -0.727. The average molecular weight is 428 g/mol. The maximum Gasteiger partial charge on any atom is 0.255 e. The third-order valence-corrected chi connectivity index (χ3v) is 5.88. The van der Waals surface area contributed by atoms with Gasteiger partial charge < -0.3 is 9.80 Å². The van der Waals surface area contributed by atoms with Crippen LogP contribution in [0, 0.1) is 20.8 Å². The van der Waals surface area contributed by atoms with Gasteiger partial charge in [0.1, 0.15) is 12.6 Å². The molecule has 0 spiro atoms. The van der Waals surface area contributed by atoms with Crippen LogP contribution in [-0.4, -0.2) is 32.5 Å². The number of hydrogen-bond donors (Lipinski definition) is 0. The van der Waals surface area contributed by atoms with Crippen molar-refractivity contribution in [1.29, 1.82) is 0 Å². The lowest BCUT2D eigenvalue weighted by atomic mass is 9.98. The molecule has 5 nitrogen and oxygen atoms in total. The maximum absolute atomic E-state index is 13.9. The van der Waals surface area contributed by atoms with Gasteiger partial charge in [0.15, 0.2) is 0 Å². The van der Waals surface area contributed by atoms with Crippen molar-refractivity contribution in [2.75, 3.05) is 35.3 Å². The maximum atomic E-state index is 13.9. The van der Waals surface area contributed by atoms with E-state index in [0.29, 0.717) is 0 Å². The molecule has 164 valence electrons. The molecule has 5 heteroatoms. The Morgan fingerprint density at radius 2 is 1.34 bits per heavy atom. The van der Waals surface area contributed by atoms with Crippen LogP contribution in [0.1, 0.15) is 28.3 Å². The van der Waals surface area contributed by atoms with Gasteiger partial charge in [0.2, 0.25) is 5.91 Å². The summed E-state index contributed by atoms with van der Waals surface area (Å²) >= 11 is 0. The molecular formula is C27H29N3O2. The predicted octanol–water partition coefficient (Wildman–Crippen LogP) is 4.80. The van der Waals surface area contributed by atoms with Gasteiger partial charge in [0, 0.05) is 31.2 Å². The second kappa shape index (κ2) is 8.50. The van der Waals surface area contributed by atoms with Gasteiger partial charge in [0.25, 0.3) is 5.91 Å². The summed E-state index contributed by atoms with van der Waals surface area (Å²) in [7, 11) is 3.95. The summed E-state index contributed by atoms with van der Waals surface area (Å²) in [5, 5.41) is 0. The molecule has 0 bridgehead atoms. The van der Waals surface area contributed by atoms with E-state index in [1.807, 2.05) is 100 Å². The van der Waals surface area contributed by atoms with Crippen LogP contribution < -0.4 is 14.7 Å². The van der Waals surface area contributed by atoms with Gasteiger partial charge in [-0.2, -0.15) is 0 Å². The normalized spacial score (nSPS) is 16.5. The smallest absolute Gasteiger partial charge is 0.255 e. The number of anilines is 3. The molecule has 3 aromatic rings. The molecule has 0 saturated carbocycles.